The van der Waals surface area contributed by atoms with Crippen molar-refractivity contribution in [3.63, 3.8) is 0 Å². The lowest BCUT2D eigenvalue weighted by atomic mass is 9.85. The molecule has 3 aromatic carbocycles. The van der Waals surface area contributed by atoms with Gasteiger partial charge in [0.2, 0.25) is 23.6 Å². The summed E-state index contributed by atoms with van der Waals surface area (Å²) < 4.78 is 52.2. The topological polar surface area (TPSA) is 207 Å². The van der Waals surface area contributed by atoms with E-state index in [9.17, 15) is 47.5 Å². The van der Waals surface area contributed by atoms with Gasteiger partial charge < -0.3 is 40.3 Å². The number of rotatable bonds is 20. The molecule has 0 unspecified atom stereocenters. The summed E-state index contributed by atoms with van der Waals surface area (Å²) in [6, 6.07) is 17.6. The van der Waals surface area contributed by atoms with Crippen LogP contribution in [0.4, 0.5) is 24.5 Å². The van der Waals surface area contributed by atoms with Crippen molar-refractivity contribution in [3.8, 4) is 16.5 Å². The van der Waals surface area contributed by atoms with Gasteiger partial charge in [0.1, 0.15) is 24.2 Å². The van der Waals surface area contributed by atoms with Gasteiger partial charge in [0.05, 0.1) is 64.9 Å². The second-order valence-electron chi connectivity index (χ2n) is 19.1. The largest absolute Gasteiger partial charge is 0.417 e. The first-order valence-electron chi connectivity index (χ1n) is 23.4. The number of aliphatic hydroxyl groups excluding tert-OH is 1. The zero-order chi connectivity index (χ0) is 52.5. The summed E-state index contributed by atoms with van der Waals surface area (Å²) >= 11 is 7.18. The van der Waals surface area contributed by atoms with Gasteiger partial charge in [0, 0.05) is 38.2 Å². The number of hydrogen-bond donors (Lipinski definition) is 4. The fraction of sp³-hybridized carbons (Fsp3) is 0.451. The molecule has 5 amide bonds. The normalized spacial score (nSPS) is 17.2. The molecule has 0 radical (unpaired) electrons. The summed E-state index contributed by atoms with van der Waals surface area (Å²) in [6.45, 7) is 11.0. The van der Waals surface area contributed by atoms with E-state index in [4.69, 9.17) is 21.7 Å². The predicted octanol–water partition coefficient (Wildman–Crippen LogP) is 6.21. The number of aromatic nitrogens is 1. The van der Waals surface area contributed by atoms with Crippen molar-refractivity contribution in [2.45, 2.75) is 104 Å². The van der Waals surface area contributed by atoms with E-state index in [0.29, 0.717) is 18.5 Å². The average molecular weight is 1030 g/mol. The smallest absolute Gasteiger partial charge is 0.391 e. The van der Waals surface area contributed by atoms with Gasteiger partial charge in [-0.3, -0.25) is 28.9 Å². The van der Waals surface area contributed by atoms with Crippen LogP contribution in [0, 0.1) is 23.7 Å². The number of ether oxygens (including phenoxy) is 2. The third-order valence-corrected chi connectivity index (χ3v) is 13.6. The summed E-state index contributed by atoms with van der Waals surface area (Å²) in [5.74, 6) is -2.14. The SMILES string of the molecule is Cc1ncsc1-c1ccc(CNC(=O)[C@@H]2C[C@@H](O)CN2C(=O)[C@@H](NC(=O)COCCOCCNC(=O)CCCc2ccc(N3C(=S)N(c4ccc(C#N)c(C(F)(F)F)c4)C(=O)C3(C)C)cc2)C(C)(C)C)cc1. The number of halogens is 3. The number of alkyl halides is 3. The molecule has 3 heterocycles. The molecule has 384 valence electrons. The molecule has 2 aliphatic rings. The molecule has 0 spiro atoms. The molecule has 1 aromatic heterocycles. The summed E-state index contributed by atoms with van der Waals surface area (Å²) in [5.41, 5.74) is 2.29. The van der Waals surface area contributed by atoms with Crippen LogP contribution in [0.2, 0.25) is 0 Å². The van der Waals surface area contributed by atoms with E-state index in [-0.39, 0.29) is 75.6 Å². The molecule has 21 heteroatoms. The number of likely N-dealkylation sites (tertiary alicyclic amines) is 1. The Bertz CT molecular complexity index is 2670. The quantitative estimate of drug-likeness (QED) is 0.0577. The van der Waals surface area contributed by atoms with E-state index in [2.05, 4.69) is 20.9 Å². The minimum Gasteiger partial charge on any atom is -0.391 e. The molecular formula is C51H59F3N8O8S2. The van der Waals surface area contributed by atoms with Crippen molar-refractivity contribution in [1.82, 2.24) is 25.8 Å². The Balaban J connectivity index is 0.866. The summed E-state index contributed by atoms with van der Waals surface area (Å²) in [7, 11) is 0. The van der Waals surface area contributed by atoms with Gasteiger partial charge >= 0.3 is 6.18 Å². The number of carbonyl (C=O) groups excluding carboxylic acids is 5. The maximum atomic E-state index is 13.9. The van der Waals surface area contributed by atoms with Gasteiger partial charge in [-0.05, 0) is 98.3 Å². The number of aliphatic hydroxyl groups is 1. The average Bonchev–Trinajstić information content (AvgIpc) is 3.99. The highest BCUT2D eigenvalue weighted by atomic mass is 32.1. The van der Waals surface area contributed by atoms with E-state index < -0.39 is 70.1 Å². The molecular weight excluding hydrogens is 974 g/mol. The number of hydrogen-bond acceptors (Lipinski definition) is 12. The monoisotopic (exact) mass is 1030 g/mol. The molecule has 6 rings (SSSR count). The van der Waals surface area contributed by atoms with E-state index in [1.165, 1.54) is 17.0 Å². The molecule has 4 aromatic rings. The fourth-order valence-electron chi connectivity index (χ4n) is 8.44. The predicted molar refractivity (Wildman–Crippen MR) is 268 cm³/mol. The van der Waals surface area contributed by atoms with Gasteiger partial charge in [-0.15, -0.1) is 11.3 Å². The lowest BCUT2D eigenvalue weighted by Crippen LogP contribution is -2.58. The Kier molecular flexibility index (Phi) is 17.9. The number of nitrogens with one attached hydrogen (secondary N) is 3. The number of aryl methyl sites for hydroxylation is 2. The number of anilines is 2. The number of β-amino-alcohol motifs (C(OH)–C–C–N with tert-alkyl or cyclic N) is 1. The van der Waals surface area contributed by atoms with Gasteiger partial charge in [-0.1, -0.05) is 57.2 Å². The molecule has 2 fully saturated rings. The second-order valence-corrected chi connectivity index (χ2v) is 20.4. The maximum absolute atomic E-state index is 13.9. The standard InChI is InChI=1S/C51H59F3N8O8S2/c1-31-43(72-30-58-31)34-14-10-33(11-15-34)27-57-45(66)40-25-38(63)28-60(40)46(67)44(49(2,3)4)59-42(65)29-70-23-22-69-21-20-56-41(64)9-7-8-32-12-17-36(18-13-32)62-48(71)61(47(68)50(62,5)6)37-19-16-35(26-55)39(24-37)51(52,53)54/h10-19,24,30,38,40,44,63H,7-9,20-23,25,27-29H2,1-6H3,(H,56,64)(H,57,66)(H,59,65)/t38-,40+,44-/m1/s1. The van der Waals surface area contributed by atoms with Crippen LogP contribution in [0.5, 0.6) is 0 Å². The Morgan fingerprint density at radius 2 is 1.62 bits per heavy atom. The van der Waals surface area contributed by atoms with Crippen molar-refractivity contribution in [2.24, 2.45) is 5.41 Å². The summed E-state index contributed by atoms with van der Waals surface area (Å²) in [4.78, 5) is 75.7. The second kappa shape index (κ2) is 23.5. The molecule has 4 N–H and O–H groups in total. The number of nitrogens with zero attached hydrogens (tertiary/aromatic N) is 5. The van der Waals surface area contributed by atoms with Crippen molar-refractivity contribution < 1.29 is 51.7 Å². The van der Waals surface area contributed by atoms with Crippen molar-refractivity contribution in [1.29, 1.82) is 5.26 Å². The zero-order valence-corrected chi connectivity index (χ0v) is 42.6. The summed E-state index contributed by atoms with van der Waals surface area (Å²) in [5, 5.41) is 28.2. The van der Waals surface area contributed by atoms with E-state index in [1.54, 1.807) is 68.5 Å². The number of benzene rings is 3. The van der Waals surface area contributed by atoms with Crippen molar-refractivity contribution in [3.05, 3.63) is 100 Å². The van der Waals surface area contributed by atoms with Crippen molar-refractivity contribution in [2.75, 3.05) is 49.3 Å². The third-order valence-electron chi connectivity index (χ3n) is 12.3. The Labute approximate surface area is 425 Å². The fourth-order valence-corrected chi connectivity index (χ4v) is 9.78. The van der Waals surface area contributed by atoms with Gasteiger partial charge in [-0.25, -0.2) is 4.98 Å². The molecule has 72 heavy (non-hydrogen) atoms. The zero-order valence-electron chi connectivity index (χ0n) is 40.9. The van der Waals surface area contributed by atoms with Crippen LogP contribution in [0.3, 0.4) is 0 Å². The molecule has 3 atom stereocenters. The Morgan fingerprint density at radius 1 is 0.958 bits per heavy atom. The van der Waals surface area contributed by atoms with Crippen LogP contribution in [0.1, 0.15) is 81.8 Å². The highest BCUT2D eigenvalue weighted by Crippen LogP contribution is 2.40. The Hall–Kier alpha value is -6.31. The first kappa shape index (κ1) is 55.0. The first-order chi connectivity index (χ1) is 34.0. The van der Waals surface area contributed by atoms with Crippen LogP contribution in [0.15, 0.2) is 72.2 Å². The molecule has 0 saturated carbocycles. The van der Waals surface area contributed by atoms with E-state index >= 15 is 0 Å². The first-order valence-corrected chi connectivity index (χ1v) is 24.7. The number of carbonyl (C=O) groups is 5. The third kappa shape index (κ3) is 13.4. The van der Waals surface area contributed by atoms with Crippen molar-refractivity contribution >= 4 is 69.6 Å². The number of thiocarbonyl (C=S) groups is 1. The lowest BCUT2D eigenvalue weighted by molar-refractivity contribution is -0.144. The van der Waals surface area contributed by atoms with Gasteiger partial charge in [0.25, 0.3) is 5.91 Å². The van der Waals surface area contributed by atoms with Gasteiger partial charge in [-0.2, -0.15) is 18.4 Å². The lowest BCUT2D eigenvalue weighted by Gasteiger charge is -2.35. The van der Waals surface area contributed by atoms with Crippen LogP contribution < -0.4 is 25.8 Å². The molecule has 16 nitrogen and oxygen atoms in total. The van der Waals surface area contributed by atoms with Crippen LogP contribution in [-0.4, -0.2) is 113 Å². The highest BCUT2D eigenvalue weighted by Gasteiger charge is 2.51. The molecule has 0 bridgehead atoms. The maximum Gasteiger partial charge on any atom is 0.417 e. The van der Waals surface area contributed by atoms with E-state index in [0.717, 1.165) is 44.3 Å². The molecule has 2 aliphatic heterocycles. The highest BCUT2D eigenvalue weighted by molar-refractivity contribution is 7.81. The van der Waals surface area contributed by atoms with Crippen LogP contribution in [-0.2, 0) is 52.6 Å². The Morgan fingerprint density at radius 3 is 2.26 bits per heavy atom. The summed E-state index contributed by atoms with van der Waals surface area (Å²) in [6.07, 6.45) is -4.32. The van der Waals surface area contributed by atoms with Crippen LogP contribution in [0.25, 0.3) is 10.4 Å². The van der Waals surface area contributed by atoms with E-state index in [1.807, 2.05) is 43.3 Å². The van der Waals surface area contributed by atoms with Crippen LogP contribution >= 0.6 is 23.6 Å². The minimum absolute atomic E-state index is 0.0109. The number of nitriles is 1. The molecule has 0 aliphatic carbocycles. The minimum atomic E-state index is -4.81. The number of thiazole rings is 1. The van der Waals surface area contributed by atoms with Gasteiger partial charge in [0.15, 0.2) is 5.11 Å². The molecule has 2 saturated heterocycles. The number of amides is 5.